The zero-order valence-corrected chi connectivity index (χ0v) is 20.0. The maximum absolute atomic E-state index is 15.8. The van der Waals surface area contributed by atoms with E-state index in [9.17, 15) is 0 Å². The van der Waals surface area contributed by atoms with Crippen molar-refractivity contribution in [3.05, 3.63) is 174 Å². The van der Waals surface area contributed by atoms with Crippen LogP contribution < -0.4 is 9.55 Å². The van der Waals surface area contributed by atoms with Crippen LogP contribution in [0.3, 0.4) is 0 Å². The zero-order chi connectivity index (χ0) is 24.4. The van der Waals surface area contributed by atoms with E-state index in [0.29, 0.717) is 0 Å². The van der Waals surface area contributed by atoms with E-state index in [-0.39, 0.29) is 12.1 Å². The van der Waals surface area contributed by atoms with Gasteiger partial charge in [-0.25, -0.2) is 0 Å². The second-order valence-corrected chi connectivity index (χ2v) is 9.28. The normalized spacial score (nSPS) is 23.5. The molecule has 5 aromatic carbocycles. The summed E-state index contributed by atoms with van der Waals surface area (Å²) in [5, 5.41) is 15.8. The van der Waals surface area contributed by atoms with Gasteiger partial charge in [0.15, 0.2) is 6.17 Å². The first kappa shape index (κ1) is 22.3. The summed E-state index contributed by atoms with van der Waals surface area (Å²) in [7, 11) is 0. The minimum atomic E-state index is -0.511. The first-order chi connectivity index (χ1) is 17.8. The highest BCUT2D eigenvalue weighted by molar-refractivity contribution is 5.62. The number of hydroxylamine groups is 2. The van der Waals surface area contributed by atoms with Gasteiger partial charge in [-0.1, -0.05) is 127 Å². The number of benzene rings is 5. The Hall–Kier alpha value is -4.18. The fraction of sp³-hybridized carbons (Fsp3) is 0.0909. The molecule has 1 saturated heterocycles. The number of nitrogens with zero attached hydrogens (tertiary/aromatic N) is 2. The van der Waals surface area contributed by atoms with Gasteiger partial charge >= 0.3 is 0 Å². The molecule has 1 heterocycles. The molecule has 0 N–H and O–H groups in total. The molecule has 1 fully saturated rings. The third kappa shape index (κ3) is 3.70. The lowest BCUT2D eigenvalue weighted by Crippen LogP contribution is -2.47. The molecular formula is C33H28N2O. The van der Waals surface area contributed by atoms with Crippen LogP contribution in [0.5, 0.6) is 0 Å². The van der Waals surface area contributed by atoms with Crippen LogP contribution in [0.2, 0.25) is 0 Å². The monoisotopic (exact) mass is 468 g/mol. The molecule has 5 aromatic rings. The molecule has 0 bridgehead atoms. The van der Waals surface area contributed by atoms with Crippen LogP contribution in [-0.4, -0.2) is 0 Å². The third-order valence-electron chi connectivity index (χ3n) is 7.23. The molecule has 0 aromatic heterocycles. The summed E-state index contributed by atoms with van der Waals surface area (Å²) in [6.45, 7) is 0. The molecule has 1 aliphatic heterocycles. The number of hydrogen-bond donors (Lipinski definition) is 0. The fourth-order valence-electron chi connectivity index (χ4n) is 5.77. The molecular weight excluding hydrogens is 440 g/mol. The molecule has 0 spiro atoms. The van der Waals surface area contributed by atoms with E-state index >= 15 is 5.21 Å². The predicted octanol–water partition coefficient (Wildman–Crippen LogP) is 8.19. The number of para-hydroxylation sites is 2. The van der Waals surface area contributed by atoms with Crippen LogP contribution in [0.15, 0.2) is 152 Å². The van der Waals surface area contributed by atoms with Crippen molar-refractivity contribution in [2.24, 2.45) is 0 Å². The van der Waals surface area contributed by atoms with Crippen molar-refractivity contribution in [3.63, 3.8) is 0 Å². The second-order valence-electron chi connectivity index (χ2n) is 9.28. The highest BCUT2D eigenvalue weighted by Gasteiger charge is 2.58. The van der Waals surface area contributed by atoms with Gasteiger partial charge in [-0.05, 0) is 29.8 Å². The number of anilines is 1. The lowest BCUT2D eigenvalue weighted by Gasteiger charge is -2.48. The Labute approximate surface area is 212 Å². The highest BCUT2D eigenvalue weighted by atomic mass is 16.6. The highest BCUT2D eigenvalue weighted by Crippen LogP contribution is 2.60. The maximum Gasteiger partial charge on any atom is 0.197 e. The summed E-state index contributed by atoms with van der Waals surface area (Å²) in [6.07, 6.45) is -0.480. The summed E-state index contributed by atoms with van der Waals surface area (Å²) in [6, 6.07) is 50.7. The Morgan fingerprint density at radius 2 is 0.889 bits per heavy atom. The Morgan fingerprint density at radius 1 is 0.472 bits per heavy atom. The summed E-state index contributed by atoms with van der Waals surface area (Å²) in [5.74, 6) is 0. The number of hydrogen-bond acceptors (Lipinski definition) is 2. The van der Waals surface area contributed by atoms with Crippen LogP contribution in [0.25, 0.3) is 0 Å². The van der Waals surface area contributed by atoms with Crippen molar-refractivity contribution in [3.8, 4) is 0 Å². The maximum atomic E-state index is 15.8. The van der Waals surface area contributed by atoms with Crippen LogP contribution in [-0.2, 0) is 0 Å². The van der Waals surface area contributed by atoms with Gasteiger partial charge in [-0.15, -0.1) is 0 Å². The van der Waals surface area contributed by atoms with E-state index in [1.54, 1.807) is 0 Å². The van der Waals surface area contributed by atoms with Crippen molar-refractivity contribution >= 4 is 11.4 Å². The molecule has 0 radical (unpaired) electrons. The largest absolute Gasteiger partial charge is 0.625 e. The van der Waals surface area contributed by atoms with E-state index in [4.69, 9.17) is 0 Å². The van der Waals surface area contributed by atoms with Gasteiger partial charge in [-0.2, -0.15) is 0 Å². The lowest BCUT2D eigenvalue weighted by atomic mass is 9.92. The molecule has 4 unspecified atom stereocenters. The molecule has 0 aliphatic carbocycles. The van der Waals surface area contributed by atoms with Gasteiger partial charge in [0.2, 0.25) is 0 Å². The van der Waals surface area contributed by atoms with Gasteiger partial charge in [-0.3, -0.25) is 4.65 Å². The molecule has 176 valence electrons. The van der Waals surface area contributed by atoms with E-state index in [2.05, 4.69) is 77.7 Å². The Bertz CT molecular complexity index is 1300. The van der Waals surface area contributed by atoms with Crippen LogP contribution in [0.4, 0.5) is 11.4 Å². The molecule has 3 nitrogen and oxygen atoms in total. The topological polar surface area (TPSA) is 26.3 Å². The SMILES string of the molecule is [O-][N+]1(c2ccccc2)C(c2ccccc2)C(c2ccccc2)N(c2ccccc2)C1c1ccccc1. The standard InChI is InChI=1S/C33H28N2O/c36-35(30-24-14-5-15-25-30)32(27-18-8-2-9-19-27)31(26-16-6-1-7-17-26)34(29-22-12-4-13-23-29)33(35)28-20-10-3-11-21-28/h1-25,31-33H. The first-order valence-corrected chi connectivity index (χ1v) is 12.4. The first-order valence-electron chi connectivity index (χ1n) is 12.4. The van der Waals surface area contributed by atoms with E-state index in [0.717, 1.165) is 28.1 Å². The van der Waals surface area contributed by atoms with E-state index in [1.807, 2.05) is 78.9 Å². The quantitative estimate of drug-likeness (QED) is 0.192. The second kappa shape index (κ2) is 9.46. The van der Waals surface area contributed by atoms with Gasteiger partial charge < -0.3 is 10.1 Å². The van der Waals surface area contributed by atoms with Gasteiger partial charge in [0.05, 0.1) is 0 Å². The number of quaternary nitrogens is 1. The van der Waals surface area contributed by atoms with Gasteiger partial charge in [0.25, 0.3) is 0 Å². The molecule has 6 rings (SSSR count). The Balaban J connectivity index is 1.71. The Kier molecular flexibility index (Phi) is 5.86. The molecule has 0 saturated carbocycles. The lowest BCUT2D eigenvalue weighted by molar-refractivity contribution is 0.275. The van der Waals surface area contributed by atoms with Crippen molar-refractivity contribution < 1.29 is 0 Å². The summed E-state index contributed by atoms with van der Waals surface area (Å²) >= 11 is 0. The molecule has 1 aliphatic rings. The smallest absolute Gasteiger partial charge is 0.197 e. The Morgan fingerprint density at radius 3 is 1.42 bits per heavy atom. The van der Waals surface area contributed by atoms with Crippen molar-refractivity contribution in [2.45, 2.75) is 18.2 Å². The molecule has 4 atom stereocenters. The van der Waals surface area contributed by atoms with Crippen LogP contribution >= 0.6 is 0 Å². The summed E-state index contributed by atoms with van der Waals surface area (Å²) in [5.41, 5.74) is 4.94. The average Bonchev–Trinajstić information content (AvgIpc) is 3.25. The van der Waals surface area contributed by atoms with E-state index < -0.39 is 10.8 Å². The molecule has 3 heteroatoms. The molecule has 36 heavy (non-hydrogen) atoms. The third-order valence-corrected chi connectivity index (χ3v) is 7.23. The zero-order valence-electron chi connectivity index (χ0n) is 20.0. The summed E-state index contributed by atoms with van der Waals surface area (Å²) < 4.78 is -0.511. The van der Waals surface area contributed by atoms with Crippen LogP contribution in [0, 0.1) is 5.21 Å². The average molecular weight is 469 g/mol. The van der Waals surface area contributed by atoms with Gasteiger partial charge in [0, 0.05) is 16.8 Å². The number of rotatable bonds is 5. The van der Waals surface area contributed by atoms with Crippen molar-refractivity contribution in [2.75, 3.05) is 4.90 Å². The minimum absolute atomic E-state index is 0.182. The van der Waals surface area contributed by atoms with Crippen molar-refractivity contribution in [1.29, 1.82) is 0 Å². The minimum Gasteiger partial charge on any atom is -0.625 e. The van der Waals surface area contributed by atoms with Crippen molar-refractivity contribution in [1.82, 2.24) is 4.65 Å². The van der Waals surface area contributed by atoms with Crippen LogP contribution in [0.1, 0.15) is 34.9 Å². The predicted molar refractivity (Wildman–Crippen MR) is 148 cm³/mol. The van der Waals surface area contributed by atoms with Gasteiger partial charge in [0.1, 0.15) is 17.8 Å². The summed E-state index contributed by atoms with van der Waals surface area (Å²) in [4.78, 5) is 2.35. The van der Waals surface area contributed by atoms with E-state index in [1.165, 1.54) is 0 Å². The fourth-order valence-corrected chi connectivity index (χ4v) is 5.77. The molecule has 0 amide bonds.